The van der Waals surface area contributed by atoms with Gasteiger partial charge in [-0.05, 0) is 25.2 Å². The first-order valence-corrected chi connectivity index (χ1v) is 6.80. The normalized spacial score (nSPS) is 35.6. The van der Waals surface area contributed by atoms with Crippen molar-refractivity contribution in [1.82, 2.24) is 0 Å². The summed E-state index contributed by atoms with van der Waals surface area (Å²) in [7, 11) is -2.78. The van der Waals surface area contributed by atoms with Gasteiger partial charge in [-0.1, -0.05) is 12.8 Å². The molecule has 2 aliphatic rings. The Bertz CT molecular complexity index is 280. The summed E-state index contributed by atoms with van der Waals surface area (Å²) in [4.78, 5) is 0. The fraction of sp³-hybridized carbons (Fsp3) is 1.00. The molecule has 0 radical (unpaired) electrons. The SMILES string of the molecule is NC(C1CCCC1)C1CCS1(=O)=O. The highest BCUT2D eigenvalue weighted by molar-refractivity contribution is 7.93. The Morgan fingerprint density at radius 3 is 2.15 bits per heavy atom. The molecule has 2 N–H and O–H groups in total. The second-order valence-corrected chi connectivity index (χ2v) is 6.66. The van der Waals surface area contributed by atoms with E-state index < -0.39 is 9.84 Å². The summed E-state index contributed by atoms with van der Waals surface area (Å²) >= 11 is 0. The van der Waals surface area contributed by atoms with E-state index >= 15 is 0 Å². The highest BCUT2D eigenvalue weighted by Gasteiger charge is 2.43. The second-order valence-electron chi connectivity index (χ2n) is 4.32. The topological polar surface area (TPSA) is 60.2 Å². The van der Waals surface area contributed by atoms with Crippen LogP contribution in [-0.2, 0) is 9.84 Å². The van der Waals surface area contributed by atoms with Gasteiger partial charge in [0.25, 0.3) is 0 Å². The zero-order chi connectivity index (χ0) is 9.47. The number of nitrogens with two attached hydrogens (primary N) is 1. The molecule has 0 aromatic rings. The molecule has 1 aliphatic heterocycles. The number of hydrogen-bond acceptors (Lipinski definition) is 3. The van der Waals surface area contributed by atoms with Crippen molar-refractivity contribution >= 4 is 9.84 Å². The predicted molar refractivity (Wildman–Crippen MR) is 52.1 cm³/mol. The Hall–Kier alpha value is -0.0900. The van der Waals surface area contributed by atoms with Crippen LogP contribution in [-0.4, -0.2) is 25.5 Å². The highest BCUT2D eigenvalue weighted by Crippen LogP contribution is 2.34. The summed E-state index contributed by atoms with van der Waals surface area (Å²) in [5.41, 5.74) is 5.98. The zero-order valence-electron chi connectivity index (χ0n) is 7.78. The van der Waals surface area contributed by atoms with Gasteiger partial charge in [-0.3, -0.25) is 0 Å². The molecule has 4 heteroatoms. The first-order chi connectivity index (χ1) is 6.11. The molecule has 0 spiro atoms. The van der Waals surface area contributed by atoms with Crippen molar-refractivity contribution in [1.29, 1.82) is 0 Å². The zero-order valence-corrected chi connectivity index (χ0v) is 8.59. The molecule has 13 heavy (non-hydrogen) atoms. The van der Waals surface area contributed by atoms with Crippen LogP contribution in [0.3, 0.4) is 0 Å². The van der Waals surface area contributed by atoms with E-state index in [9.17, 15) is 8.42 Å². The van der Waals surface area contributed by atoms with Crippen LogP contribution in [0, 0.1) is 5.92 Å². The van der Waals surface area contributed by atoms with Gasteiger partial charge in [0.05, 0.1) is 11.0 Å². The quantitative estimate of drug-likeness (QED) is 0.718. The minimum absolute atomic E-state index is 0.0822. The van der Waals surface area contributed by atoms with E-state index in [1.165, 1.54) is 12.8 Å². The molecule has 2 atom stereocenters. The Morgan fingerprint density at radius 2 is 1.77 bits per heavy atom. The van der Waals surface area contributed by atoms with Crippen molar-refractivity contribution in [2.24, 2.45) is 11.7 Å². The first-order valence-electron chi connectivity index (χ1n) is 5.08. The van der Waals surface area contributed by atoms with Crippen LogP contribution in [0.1, 0.15) is 32.1 Å². The lowest BCUT2D eigenvalue weighted by molar-refractivity contribution is 0.388. The molecule has 0 aromatic heterocycles. The molecule has 1 saturated carbocycles. The lowest BCUT2D eigenvalue weighted by Gasteiger charge is -2.34. The van der Waals surface area contributed by atoms with E-state index in [1.807, 2.05) is 0 Å². The molecule has 76 valence electrons. The molecule has 0 amide bonds. The van der Waals surface area contributed by atoms with Crippen LogP contribution in [0.5, 0.6) is 0 Å². The average molecular weight is 203 g/mol. The van der Waals surface area contributed by atoms with E-state index in [0.717, 1.165) is 19.3 Å². The molecule has 0 bridgehead atoms. The fourth-order valence-electron chi connectivity index (χ4n) is 2.52. The smallest absolute Gasteiger partial charge is 0.154 e. The largest absolute Gasteiger partial charge is 0.326 e. The highest BCUT2D eigenvalue weighted by atomic mass is 32.2. The van der Waals surface area contributed by atoms with E-state index in [0.29, 0.717) is 11.7 Å². The van der Waals surface area contributed by atoms with E-state index in [2.05, 4.69) is 0 Å². The van der Waals surface area contributed by atoms with Crippen molar-refractivity contribution in [2.45, 2.75) is 43.4 Å². The van der Waals surface area contributed by atoms with E-state index in [1.54, 1.807) is 0 Å². The van der Waals surface area contributed by atoms with Crippen molar-refractivity contribution in [3.8, 4) is 0 Å². The molecule has 3 nitrogen and oxygen atoms in total. The maximum atomic E-state index is 11.3. The van der Waals surface area contributed by atoms with Gasteiger partial charge in [0.15, 0.2) is 9.84 Å². The van der Waals surface area contributed by atoms with Crippen LogP contribution in [0.2, 0.25) is 0 Å². The monoisotopic (exact) mass is 203 g/mol. The summed E-state index contributed by atoms with van der Waals surface area (Å²) in [6.45, 7) is 0. The van der Waals surface area contributed by atoms with Gasteiger partial charge in [-0.25, -0.2) is 8.42 Å². The minimum atomic E-state index is -2.78. The number of rotatable bonds is 2. The summed E-state index contributed by atoms with van der Waals surface area (Å²) in [5.74, 6) is 0.832. The van der Waals surface area contributed by atoms with Gasteiger partial charge in [0.2, 0.25) is 0 Å². The number of hydrogen-bond donors (Lipinski definition) is 1. The van der Waals surface area contributed by atoms with Crippen LogP contribution >= 0.6 is 0 Å². The van der Waals surface area contributed by atoms with Crippen LogP contribution in [0.15, 0.2) is 0 Å². The van der Waals surface area contributed by atoms with Gasteiger partial charge in [0.1, 0.15) is 0 Å². The number of sulfone groups is 1. The average Bonchev–Trinajstić information content (AvgIpc) is 2.54. The van der Waals surface area contributed by atoms with Gasteiger partial charge in [0, 0.05) is 6.04 Å². The lowest BCUT2D eigenvalue weighted by atomic mass is 9.94. The predicted octanol–water partition coefficient (Wildman–Crippen LogP) is 0.691. The van der Waals surface area contributed by atoms with Gasteiger partial charge in [-0.15, -0.1) is 0 Å². The van der Waals surface area contributed by atoms with E-state index in [4.69, 9.17) is 5.73 Å². The molecule has 0 aromatic carbocycles. The fourth-order valence-corrected chi connectivity index (χ4v) is 4.12. The molecule has 2 unspecified atom stereocenters. The molecular formula is C9H17NO2S. The molecule has 1 aliphatic carbocycles. The van der Waals surface area contributed by atoms with Crippen molar-refractivity contribution in [2.75, 3.05) is 5.75 Å². The van der Waals surface area contributed by atoms with Gasteiger partial charge in [-0.2, -0.15) is 0 Å². The Morgan fingerprint density at radius 1 is 1.15 bits per heavy atom. The third-order valence-electron chi connectivity index (χ3n) is 3.52. The molecular weight excluding hydrogens is 186 g/mol. The van der Waals surface area contributed by atoms with Crippen LogP contribution in [0.4, 0.5) is 0 Å². The van der Waals surface area contributed by atoms with Crippen LogP contribution < -0.4 is 5.73 Å². The summed E-state index contributed by atoms with van der Waals surface area (Å²) in [6, 6.07) is -0.0822. The first kappa shape index (κ1) is 9.46. The molecule has 2 fully saturated rings. The standard InChI is InChI=1S/C9H17NO2S/c10-9(7-3-1-2-4-7)8-5-6-13(8,11)12/h7-9H,1-6,10H2. The third kappa shape index (κ3) is 1.62. The third-order valence-corrected chi connectivity index (χ3v) is 5.80. The Balaban J connectivity index is 2.00. The summed E-state index contributed by atoms with van der Waals surface area (Å²) in [5, 5.41) is -0.212. The molecule has 1 heterocycles. The van der Waals surface area contributed by atoms with Gasteiger partial charge < -0.3 is 5.73 Å². The molecule has 2 rings (SSSR count). The maximum Gasteiger partial charge on any atom is 0.154 e. The lowest BCUT2D eigenvalue weighted by Crippen LogP contribution is -2.52. The van der Waals surface area contributed by atoms with Crippen molar-refractivity contribution in [3.63, 3.8) is 0 Å². The maximum absolute atomic E-state index is 11.3. The van der Waals surface area contributed by atoms with E-state index in [-0.39, 0.29) is 11.3 Å². The van der Waals surface area contributed by atoms with Crippen LogP contribution in [0.25, 0.3) is 0 Å². The summed E-state index contributed by atoms with van der Waals surface area (Å²) < 4.78 is 22.7. The Labute approximate surface area is 79.6 Å². The second kappa shape index (κ2) is 3.24. The Kier molecular flexibility index (Phi) is 2.36. The summed E-state index contributed by atoms with van der Waals surface area (Å²) in [6.07, 6.45) is 5.51. The van der Waals surface area contributed by atoms with Crippen molar-refractivity contribution < 1.29 is 8.42 Å². The van der Waals surface area contributed by atoms with Gasteiger partial charge >= 0.3 is 0 Å². The molecule has 1 saturated heterocycles. The van der Waals surface area contributed by atoms with Crippen molar-refractivity contribution in [3.05, 3.63) is 0 Å². The minimum Gasteiger partial charge on any atom is -0.326 e.